The summed E-state index contributed by atoms with van der Waals surface area (Å²) in [7, 11) is 0. The molecular formula is C17H17ClF2N2O2. The Morgan fingerprint density at radius 1 is 1.29 bits per heavy atom. The summed E-state index contributed by atoms with van der Waals surface area (Å²) >= 11 is 5.70. The van der Waals surface area contributed by atoms with Crippen LogP contribution in [0.5, 0.6) is 11.6 Å². The molecule has 1 aromatic heterocycles. The number of alkyl halides is 1. The molecule has 1 saturated heterocycles. The minimum atomic E-state index is -1.07. The first kappa shape index (κ1) is 16.9. The highest BCUT2D eigenvalue weighted by Gasteiger charge is 2.26. The molecular weight excluding hydrogens is 338 g/mol. The van der Waals surface area contributed by atoms with Crippen LogP contribution in [0.4, 0.5) is 8.78 Å². The van der Waals surface area contributed by atoms with Crippen molar-refractivity contribution in [1.29, 1.82) is 0 Å². The molecule has 3 rings (SSSR count). The molecule has 7 heteroatoms. The third-order valence-corrected chi connectivity index (χ3v) is 3.91. The zero-order valence-corrected chi connectivity index (χ0v) is 13.6. The van der Waals surface area contributed by atoms with Crippen LogP contribution < -0.4 is 14.8 Å². The fraction of sp³-hybridized carbons (Fsp3) is 0.353. The van der Waals surface area contributed by atoms with Gasteiger partial charge in [-0.2, -0.15) is 0 Å². The van der Waals surface area contributed by atoms with Gasteiger partial charge in [-0.05, 0) is 37.2 Å². The first-order valence-electron chi connectivity index (χ1n) is 7.67. The molecule has 0 amide bonds. The molecule has 0 bridgehead atoms. The molecule has 1 aliphatic rings. The van der Waals surface area contributed by atoms with Gasteiger partial charge in [-0.25, -0.2) is 13.8 Å². The smallest absolute Gasteiger partial charge is 0.213 e. The molecule has 4 nitrogen and oxygen atoms in total. The molecule has 1 N–H and O–H groups in total. The third-order valence-electron chi connectivity index (χ3n) is 3.67. The lowest BCUT2D eigenvalue weighted by Crippen LogP contribution is -2.44. The predicted octanol–water partition coefficient (Wildman–Crippen LogP) is 3.53. The topological polar surface area (TPSA) is 43.4 Å². The fourth-order valence-corrected chi connectivity index (χ4v) is 2.59. The van der Waals surface area contributed by atoms with E-state index in [-0.39, 0.29) is 18.9 Å². The van der Waals surface area contributed by atoms with Crippen molar-refractivity contribution >= 4 is 11.6 Å². The summed E-state index contributed by atoms with van der Waals surface area (Å²) in [5.74, 6) is -0.109. The Morgan fingerprint density at radius 3 is 2.96 bits per heavy atom. The first-order valence-corrected chi connectivity index (χ1v) is 8.05. The Labute approximate surface area is 143 Å². The molecule has 2 unspecified atom stereocenters. The van der Waals surface area contributed by atoms with E-state index >= 15 is 0 Å². The number of hydrogen-bond acceptors (Lipinski definition) is 4. The van der Waals surface area contributed by atoms with Gasteiger partial charge in [-0.15, -0.1) is 0 Å². The average Bonchev–Trinajstić information content (AvgIpc) is 2.57. The number of piperidine rings is 1. The van der Waals surface area contributed by atoms with Gasteiger partial charge in [0.05, 0.1) is 5.69 Å². The van der Waals surface area contributed by atoms with Crippen LogP contribution in [-0.4, -0.2) is 30.3 Å². The summed E-state index contributed by atoms with van der Waals surface area (Å²) in [6.07, 6.45) is -0.994. The van der Waals surface area contributed by atoms with E-state index in [0.717, 1.165) is 0 Å². The summed E-state index contributed by atoms with van der Waals surface area (Å²) in [6.45, 7) is 1.06. The van der Waals surface area contributed by atoms with Crippen LogP contribution in [0.1, 0.15) is 12.1 Å². The second-order valence-corrected chi connectivity index (χ2v) is 5.93. The van der Waals surface area contributed by atoms with E-state index in [2.05, 4.69) is 10.3 Å². The van der Waals surface area contributed by atoms with Crippen LogP contribution >= 0.6 is 11.6 Å². The Bertz CT molecular complexity index is 702. The molecule has 1 aromatic carbocycles. The van der Waals surface area contributed by atoms with Crippen LogP contribution in [0.15, 0.2) is 36.4 Å². The largest absolute Gasteiger partial charge is 0.484 e. The van der Waals surface area contributed by atoms with Crippen LogP contribution in [0.3, 0.4) is 0 Å². The van der Waals surface area contributed by atoms with Gasteiger partial charge in [0.25, 0.3) is 0 Å². The normalized spacial score (nSPS) is 20.6. The summed E-state index contributed by atoms with van der Waals surface area (Å²) in [5.41, 5.74) is 0.561. The summed E-state index contributed by atoms with van der Waals surface area (Å²) in [4.78, 5) is 4.28. The molecule has 2 heterocycles. The van der Waals surface area contributed by atoms with Crippen LogP contribution in [-0.2, 0) is 6.61 Å². The number of pyridine rings is 1. The number of nitrogens with zero attached hydrogens (tertiary/aromatic N) is 1. The number of nitrogens with one attached hydrogen (secondary N) is 1. The second kappa shape index (κ2) is 7.77. The van der Waals surface area contributed by atoms with Crippen molar-refractivity contribution in [2.45, 2.75) is 25.3 Å². The van der Waals surface area contributed by atoms with Gasteiger partial charge in [0.1, 0.15) is 18.9 Å². The zero-order chi connectivity index (χ0) is 16.9. The van der Waals surface area contributed by atoms with Crippen molar-refractivity contribution in [2.75, 3.05) is 13.1 Å². The van der Waals surface area contributed by atoms with Crippen molar-refractivity contribution in [1.82, 2.24) is 10.3 Å². The van der Waals surface area contributed by atoms with Gasteiger partial charge >= 0.3 is 0 Å². The van der Waals surface area contributed by atoms with Crippen molar-refractivity contribution in [3.05, 3.63) is 52.9 Å². The molecule has 128 valence electrons. The van der Waals surface area contributed by atoms with Gasteiger partial charge in [0.15, 0.2) is 11.6 Å². The number of aromatic nitrogens is 1. The molecule has 1 aliphatic heterocycles. The fourth-order valence-electron chi connectivity index (χ4n) is 2.43. The number of benzene rings is 1. The lowest BCUT2D eigenvalue weighted by molar-refractivity contribution is 0.0690. The number of ether oxygens (including phenoxy) is 2. The predicted molar refractivity (Wildman–Crippen MR) is 86.8 cm³/mol. The lowest BCUT2D eigenvalue weighted by atomic mass is 10.1. The Balaban J connectivity index is 1.62. The van der Waals surface area contributed by atoms with Gasteiger partial charge in [0, 0.05) is 17.6 Å². The molecule has 2 aromatic rings. The van der Waals surface area contributed by atoms with E-state index in [1.807, 2.05) is 0 Å². The van der Waals surface area contributed by atoms with Gasteiger partial charge < -0.3 is 14.8 Å². The van der Waals surface area contributed by atoms with Crippen LogP contribution in [0.25, 0.3) is 0 Å². The summed E-state index contributed by atoms with van der Waals surface area (Å²) in [5, 5.41) is 3.27. The number of hydrogen-bond donors (Lipinski definition) is 1. The highest BCUT2D eigenvalue weighted by atomic mass is 35.5. The minimum absolute atomic E-state index is 0.0705. The van der Waals surface area contributed by atoms with E-state index in [9.17, 15) is 8.78 Å². The molecule has 1 fully saturated rings. The summed E-state index contributed by atoms with van der Waals surface area (Å²) in [6, 6.07) is 9.33. The standard InChI is InChI=1S/C17H17ClF2N2O2/c18-11-4-5-15(13(19)8-11)23-10-12-2-1-3-17(22-12)24-16-6-7-21-9-14(16)20/h1-5,8,14,16,21H,6-7,9-10H2. The van der Waals surface area contributed by atoms with Gasteiger partial charge in [0.2, 0.25) is 5.88 Å². The quantitative estimate of drug-likeness (QED) is 0.892. The molecule has 0 radical (unpaired) electrons. The van der Waals surface area contributed by atoms with E-state index in [4.69, 9.17) is 21.1 Å². The molecule has 0 aliphatic carbocycles. The van der Waals surface area contributed by atoms with E-state index < -0.39 is 18.1 Å². The van der Waals surface area contributed by atoms with Gasteiger partial charge in [-0.1, -0.05) is 17.7 Å². The molecule has 0 spiro atoms. The maximum atomic E-state index is 13.8. The SMILES string of the molecule is Fc1cc(Cl)ccc1OCc1cccc(OC2CCNCC2F)n1. The summed E-state index contributed by atoms with van der Waals surface area (Å²) < 4.78 is 38.5. The zero-order valence-electron chi connectivity index (χ0n) is 12.8. The minimum Gasteiger partial charge on any atom is -0.484 e. The van der Waals surface area contributed by atoms with Crippen molar-refractivity contribution in [3.8, 4) is 11.6 Å². The second-order valence-electron chi connectivity index (χ2n) is 5.50. The highest BCUT2D eigenvalue weighted by molar-refractivity contribution is 6.30. The van der Waals surface area contributed by atoms with Crippen molar-refractivity contribution < 1.29 is 18.3 Å². The Hall–Kier alpha value is -1.92. The third kappa shape index (κ3) is 4.33. The van der Waals surface area contributed by atoms with E-state index in [1.165, 1.54) is 12.1 Å². The molecule has 24 heavy (non-hydrogen) atoms. The maximum Gasteiger partial charge on any atom is 0.213 e. The monoisotopic (exact) mass is 354 g/mol. The number of halogens is 3. The van der Waals surface area contributed by atoms with Crippen molar-refractivity contribution in [2.24, 2.45) is 0 Å². The Kier molecular flexibility index (Phi) is 5.48. The highest BCUT2D eigenvalue weighted by Crippen LogP contribution is 2.22. The van der Waals surface area contributed by atoms with Gasteiger partial charge in [-0.3, -0.25) is 0 Å². The molecule has 2 atom stereocenters. The Morgan fingerprint density at radius 2 is 2.17 bits per heavy atom. The van der Waals surface area contributed by atoms with Crippen molar-refractivity contribution in [3.63, 3.8) is 0 Å². The average molecular weight is 355 g/mol. The van der Waals surface area contributed by atoms with E-state index in [1.54, 1.807) is 24.3 Å². The van der Waals surface area contributed by atoms with Crippen LogP contribution in [0.2, 0.25) is 5.02 Å². The van der Waals surface area contributed by atoms with E-state index in [0.29, 0.717) is 29.6 Å². The van der Waals surface area contributed by atoms with Crippen LogP contribution in [0, 0.1) is 5.82 Å². The first-order chi connectivity index (χ1) is 11.6. The number of rotatable bonds is 5. The maximum absolute atomic E-state index is 13.8. The lowest BCUT2D eigenvalue weighted by Gasteiger charge is -2.26. The molecule has 0 saturated carbocycles.